The lowest BCUT2D eigenvalue weighted by Crippen LogP contribution is -2.43. The summed E-state index contributed by atoms with van der Waals surface area (Å²) in [6.07, 6.45) is 1.78. The first-order chi connectivity index (χ1) is 8.83. The number of rotatable bonds is 2. The molecule has 2 aromatic rings. The zero-order valence-electron chi connectivity index (χ0n) is 10.3. The Labute approximate surface area is 105 Å². The maximum absolute atomic E-state index is 5.17. The van der Waals surface area contributed by atoms with Crippen LogP contribution < -0.4 is 10.2 Å². The first-order valence-electron chi connectivity index (χ1n) is 6.05. The average molecular weight is 245 g/mol. The highest BCUT2D eigenvalue weighted by molar-refractivity contribution is 5.58. The van der Waals surface area contributed by atoms with Gasteiger partial charge in [0.25, 0.3) is 5.89 Å². The van der Waals surface area contributed by atoms with Crippen molar-refractivity contribution in [3.8, 4) is 11.5 Å². The number of piperazine rings is 1. The van der Waals surface area contributed by atoms with E-state index < -0.39 is 0 Å². The minimum atomic E-state index is 0.547. The molecule has 1 aliphatic heterocycles. The van der Waals surface area contributed by atoms with Crippen molar-refractivity contribution in [2.75, 3.05) is 31.1 Å². The molecule has 0 amide bonds. The van der Waals surface area contributed by atoms with Crippen LogP contribution in [0.5, 0.6) is 0 Å². The highest BCUT2D eigenvalue weighted by Crippen LogP contribution is 2.21. The second-order valence-corrected chi connectivity index (χ2v) is 4.29. The molecular weight excluding hydrogens is 230 g/mol. The first kappa shape index (κ1) is 11.2. The number of aromatic nitrogens is 3. The molecule has 0 saturated carbocycles. The zero-order chi connectivity index (χ0) is 12.4. The van der Waals surface area contributed by atoms with Crippen LogP contribution in [0.25, 0.3) is 11.5 Å². The van der Waals surface area contributed by atoms with Crippen molar-refractivity contribution in [3.63, 3.8) is 0 Å². The molecule has 0 aromatic carbocycles. The summed E-state index contributed by atoms with van der Waals surface area (Å²) in [7, 11) is 0. The summed E-state index contributed by atoms with van der Waals surface area (Å²) in [5.41, 5.74) is 0.916. The molecule has 0 atom stereocenters. The molecule has 94 valence electrons. The Morgan fingerprint density at radius 1 is 1.33 bits per heavy atom. The van der Waals surface area contributed by atoms with Gasteiger partial charge in [-0.25, -0.2) is 4.98 Å². The summed E-state index contributed by atoms with van der Waals surface area (Å²) < 4.78 is 5.17. The number of hydrogen-bond acceptors (Lipinski definition) is 6. The zero-order valence-corrected chi connectivity index (χ0v) is 10.3. The van der Waals surface area contributed by atoms with E-state index in [1.54, 1.807) is 6.20 Å². The second kappa shape index (κ2) is 4.73. The highest BCUT2D eigenvalue weighted by atomic mass is 16.5. The summed E-state index contributed by atoms with van der Waals surface area (Å²) in [6.45, 7) is 5.74. The number of hydrogen-bond donors (Lipinski definition) is 1. The Bertz CT molecular complexity index is 533. The Balaban J connectivity index is 1.88. The molecule has 3 rings (SSSR count). The number of aryl methyl sites for hydroxylation is 1. The largest absolute Gasteiger partial charge is 0.354 e. The van der Waals surface area contributed by atoms with E-state index in [9.17, 15) is 0 Å². The van der Waals surface area contributed by atoms with Crippen molar-refractivity contribution in [2.45, 2.75) is 6.92 Å². The van der Waals surface area contributed by atoms with Crippen LogP contribution in [-0.4, -0.2) is 41.3 Å². The molecule has 0 unspecified atom stereocenters. The van der Waals surface area contributed by atoms with Crippen LogP contribution in [0.4, 0.5) is 5.82 Å². The van der Waals surface area contributed by atoms with Crippen molar-refractivity contribution in [1.29, 1.82) is 0 Å². The monoisotopic (exact) mass is 245 g/mol. The van der Waals surface area contributed by atoms with Gasteiger partial charge in [-0.05, 0) is 19.1 Å². The van der Waals surface area contributed by atoms with Gasteiger partial charge in [0.15, 0.2) is 5.82 Å². The predicted molar refractivity (Wildman–Crippen MR) is 67.3 cm³/mol. The maximum atomic E-state index is 5.17. The normalized spacial score (nSPS) is 15.9. The van der Waals surface area contributed by atoms with Gasteiger partial charge in [0, 0.05) is 37.9 Å². The van der Waals surface area contributed by atoms with Crippen molar-refractivity contribution in [2.24, 2.45) is 0 Å². The molecule has 0 bridgehead atoms. The molecule has 1 aliphatic rings. The van der Waals surface area contributed by atoms with Gasteiger partial charge < -0.3 is 14.7 Å². The standard InChI is InChI=1S/C12H15N5O/c1-9-15-12(18-16-9)10-2-3-14-11(8-10)17-6-4-13-5-7-17/h2-3,8,13H,4-7H2,1H3. The second-order valence-electron chi connectivity index (χ2n) is 4.29. The van der Waals surface area contributed by atoms with E-state index in [0.717, 1.165) is 37.6 Å². The summed E-state index contributed by atoms with van der Waals surface area (Å²) in [5, 5.41) is 7.13. The van der Waals surface area contributed by atoms with E-state index in [1.807, 2.05) is 19.1 Å². The van der Waals surface area contributed by atoms with Crippen LogP contribution in [-0.2, 0) is 0 Å². The smallest absolute Gasteiger partial charge is 0.258 e. The number of anilines is 1. The maximum Gasteiger partial charge on any atom is 0.258 e. The molecule has 18 heavy (non-hydrogen) atoms. The summed E-state index contributed by atoms with van der Waals surface area (Å²) >= 11 is 0. The lowest BCUT2D eigenvalue weighted by Gasteiger charge is -2.28. The molecule has 1 saturated heterocycles. The van der Waals surface area contributed by atoms with Gasteiger partial charge in [-0.3, -0.25) is 0 Å². The summed E-state index contributed by atoms with van der Waals surface area (Å²) in [4.78, 5) is 10.9. The molecule has 2 aromatic heterocycles. The number of nitrogens with one attached hydrogen (secondary N) is 1. The number of pyridine rings is 1. The Hall–Kier alpha value is -1.95. The van der Waals surface area contributed by atoms with Crippen LogP contribution in [0.2, 0.25) is 0 Å². The molecular formula is C12H15N5O. The third-order valence-corrected chi connectivity index (χ3v) is 2.96. The third kappa shape index (κ3) is 2.19. The van der Waals surface area contributed by atoms with Gasteiger partial charge in [-0.1, -0.05) is 5.16 Å². The van der Waals surface area contributed by atoms with E-state index in [4.69, 9.17) is 4.52 Å². The highest BCUT2D eigenvalue weighted by Gasteiger charge is 2.13. The molecule has 1 N–H and O–H groups in total. The van der Waals surface area contributed by atoms with E-state index >= 15 is 0 Å². The average Bonchev–Trinajstić information content (AvgIpc) is 2.87. The topological polar surface area (TPSA) is 67.1 Å². The van der Waals surface area contributed by atoms with Crippen LogP contribution in [0.3, 0.4) is 0 Å². The van der Waals surface area contributed by atoms with Crippen LogP contribution >= 0.6 is 0 Å². The third-order valence-electron chi connectivity index (χ3n) is 2.96. The first-order valence-corrected chi connectivity index (χ1v) is 6.05. The van der Waals surface area contributed by atoms with Gasteiger partial charge in [0.1, 0.15) is 5.82 Å². The molecule has 6 nitrogen and oxygen atoms in total. The van der Waals surface area contributed by atoms with Crippen molar-refractivity contribution in [1.82, 2.24) is 20.4 Å². The van der Waals surface area contributed by atoms with Crippen molar-refractivity contribution < 1.29 is 4.52 Å². The van der Waals surface area contributed by atoms with E-state index in [0.29, 0.717) is 11.7 Å². The Morgan fingerprint density at radius 2 is 2.17 bits per heavy atom. The van der Waals surface area contributed by atoms with Gasteiger partial charge in [-0.15, -0.1) is 0 Å². The van der Waals surface area contributed by atoms with Crippen LogP contribution in [0.1, 0.15) is 5.82 Å². The number of nitrogens with zero attached hydrogens (tertiary/aromatic N) is 4. The molecule has 1 fully saturated rings. The van der Waals surface area contributed by atoms with Gasteiger partial charge >= 0.3 is 0 Å². The van der Waals surface area contributed by atoms with E-state index in [1.165, 1.54) is 0 Å². The summed E-state index contributed by atoms with van der Waals surface area (Å²) in [6, 6.07) is 3.89. The predicted octanol–water partition coefficient (Wildman–Crippen LogP) is 0.850. The van der Waals surface area contributed by atoms with Gasteiger partial charge in [0.05, 0.1) is 0 Å². The Morgan fingerprint density at radius 3 is 2.89 bits per heavy atom. The minimum Gasteiger partial charge on any atom is -0.354 e. The molecule has 0 aliphatic carbocycles. The van der Waals surface area contributed by atoms with Crippen LogP contribution in [0.15, 0.2) is 22.9 Å². The molecule has 0 spiro atoms. The lowest BCUT2D eigenvalue weighted by atomic mass is 10.2. The van der Waals surface area contributed by atoms with Gasteiger partial charge in [0.2, 0.25) is 0 Å². The molecule has 6 heteroatoms. The van der Waals surface area contributed by atoms with Crippen molar-refractivity contribution in [3.05, 3.63) is 24.2 Å². The SMILES string of the molecule is Cc1noc(-c2ccnc(N3CCNCC3)c2)n1. The van der Waals surface area contributed by atoms with Crippen LogP contribution in [0, 0.1) is 6.92 Å². The lowest BCUT2D eigenvalue weighted by molar-refractivity contribution is 0.425. The fraction of sp³-hybridized carbons (Fsp3) is 0.417. The Kier molecular flexibility index (Phi) is 2.93. The van der Waals surface area contributed by atoms with E-state index in [2.05, 4.69) is 25.3 Å². The fourth-order valence-electron chi connectivity index (χ4n) is 2.03. The molecule has 0 radical (unpaired) electrons. The quantitative estimate of drug-likeness (QED) is 0.846. The van der Waals surface area contributed by atoms with E-state index in [-0.39, 0.29) is 0 Å². The van der Waals surface area contributed by atoms with Gasteiger partial charge in [-0.2, -0.15) is 4.98 Å². The molecule has 3 heterocycles. The van der Waals surface area contributed by atoms with Crippen molar-refractivity contribution >= 4 is 5.82 Å². The fourth-order valence-corrected chi connectivity index (χ4v) is 2.03. The summed E-state index contributed by atoms with van der Waals surface area (Å²) in [5.74, 6) is 2.15. The minimum absolute atomic E-state index is 0.547.